The van der Waals surface area contributed by atoms with Gasteiger partial charge in [0.05, 0.1) is 20.3 Å². The van der Waals surface area contributed by atoms with Crippen LogP contribution in [0.5, 0.6) is 11.8 Å². The maximum absolute atomic E-state index is 5.16. The van der Waals surface area contributed by atoms with Gasteiger partial charge in [-0.2, -0.15) is 9.97 Å². The van der Waals surface area contributed by atoms with Crippen LogP contribution in [0, 0.1) is 0 Å². The van der Waals surface area contributed by atoms with Crippen molar-refractivity contribution in [2.24, 2.45) is 0 Å². The monoisotopic (exact) mass is 253 g/mol. The molecule has 0 saturated carbocycles. The molecule has 5 heteroatoms. The summed E-state index contributed by atoms with van der Waals surface area (Å²) in [4.78, 5) is 8.75. The van der Waals surface area contributed by atoms with Gasteiger partial charge in [-0.1, -0.05) is 13.8 Å². The molecule has 1 aromatic heterocycles. The molecule has 1 rings (SSSR count). The molecule has 1 N–H and O–H groups in total. The summed E-state index contributed by atoms with van der Waals surface area (Å²) in [6, 6.07) is 1.99. The lowest BCUT2D eigenvalue weighted by Gasteiger charge is -2.20. The van der Waals surface area contributed by atoms with E-state index in [0.29, 0.717) is 17.8 Å². The fourth-order valence-corrected chi connectivity index (χ4v) is 1.61. The van der Waals surface area contributed by atoms with E-state index in [1.54, 1.807) is 20.3 Å². The molecule has 0 aliphatic carbocycles. The van der Waals surface area contributed by atoms with Gasteiger partial charge in [-0.25, -0.2) is 0 Å². The van der Waals surface area contributed by atoms with Crippen LogP contribution in [0.2, 0.25) is 0 Å². The van der Waals surface area contributed by atoms with Crippen molar-refractivity contribution in [2.45, 2.75) is 39.2 Å². The summed E-state index contributed by atoms with van der Waals surface area (Å²) in [6.07, 6.45) is 1.11. The van der Waals surface area contributed by atoms with E-state index < -0.39 is 0 Å². The smallest absolute Gasteiger partial charge is 0.220 e. The van der Waals surface area contributed by atoms with E-state index in [9.17, 15) is 0 Å². The Kier molecular flexibility index (Phi) is 5.85. The van der Waals surface area contributed by atoms with Gasteiger partial charge in [0.25, 0.3) is 0 Å². The molecule has 18 heavy (non-hydrogen) atoms. The first kappa shape index (κ1) is 14.7. The largest absolute Gasteiger partial charge is 0.481 e. The third-order valence-electron chi connectivity index (χ3n) is 2.99. The van der Waals surface area contributed by atoms with Crippen molar-refractivity contribution >= 4 is 0 Å². The third-order valence-corrected chi connectivity index (χ3v) is 2.99. The average Bonchev–Trinajstić information content (AvgIpc) is 2.43. The van der Waals surface area contributed by atoms with Gasteiger partial charge >= 0.3 is 0 Å². The van der Waals surface area contributed by atoms with Crippen molar-refractivity contribution in [1.29, 1.82) is 0 Å². The van der Waals surface area contributed by atoms with Gasteiger partial charge < -0.3 is 14.8 Å². The minimum atomic E-state index is 0.195. The lowest BCUT2D eigenvalue weighted by Crippen LogP contribution is -2.32. The summed E-state index contributed by atoms with van der Waals surface area (Å²) in [7, 11) is 3.18. The number of aromatic nitrogens is 2. The minimum Gasteiger partial charge on any atom is -0.481 e. The number of hydrogen-bond donors (Lipinski definition) is 1. The Bertz CT molecular complexity index is 349. The summed E-state index contributed by atoms with van der Waals surface area (Å²) in [5, 5.41) is 3.44. The summed E-state index contributed by atoms with van der Waals surface area (Å²) in [6.45, 7) is 7.37. The molecule has 0 saturated heterocycles. The average molecular weight is 253 g/mol. The topological polar surface area (TPSA) is 56.3 Å². The molecule has 0 aliphatic heterocycles. The maximum Gasteiger partial charge on any atom is 0.220 e. The molecule has 2 atom stereocenters. The Balaban J connectivity index is 2.86. The zero-order valence-electron chi connectivity index (χ0n) is 11.9. The van der Waals surface area contributed by atoms with Crippen molar-refractivity contribution in [2.75, 3.05) is 20.8 Å². The predicted octanol–water partition coefficient (Wildman–Crippen LogP) is 1.99. The Labute approximate surface area is 109 Å². The molecule has 102 valence electrons. The van der Waals surface area contributed by atoms with Gasteiger partial charge in [-0.05, 0) is 19.9 Å². The molecular formula is C13H23N3O2. The molecule has 0 amide bonds. The van der Waals surface area contributed by atoms with Gasteiger partial charge in [0, 0.05) is 12.0 Å². The molecule has 0 aliphatic rings. The second-order valence-electron chi connectivity index (χ2n) is 4.34. The second-order valence-corrected chi connectivity index (χ2v) is 4.34. The van der Waals surface area contributed by atoms with E-state index in [0.717, 1.165) is 18.8 Å². The first-order valence-corrected chi connectivity index (χ1v) is 6.32. The summed E-state index contributed by atoms with van der Waals surface area (Å²) >= 11 is 0. The molecule has 5 nitrogen and oxygen atoms in total. The Morgan fingerprint density at radius 3 is 2.17 bits per heavy atom. The summed E-state index contributed by atoms with van der Waals surface area (Å²) in [5.41, 5.74) is 0. The van der Waals surface area contributed by atoms with Gasteiger partial charge in [0.2, 0.25) is 11.8 Å². The van der Waals surface area contributed by atoms with Crippen molar-refractivity contribution in [3.63, 3.8) is 0 Å². The van der Waals surface area contributed by atoms with Gasteiger partial charge in [-0.15, -0.1) is 0 Å². The summed E-state index contributed by atoms with van der Waals surface area (Å²) in [5.74, 6) is 2.00. The zero-order chi connectivity index (χ0) is 13.5. The molecule has 0 radical (unpaired) electrons. The highest BCUT2D eigenvalue weighted by molar-refractivity contribution is 5.22. The Morgan fingerprint density at radius 1 is 1.17 bits per heavy atom. The highest BCUT2D eigenvalue weighted by atomic mass is 16.5. The van der Waals surface area contributed by atoms with Crippen LogP contribution >= 0.6 is 0 Å². The molecular weight excluding hydrogens is 230 g/mol. The predicted molar refractivity (Wildman–Crippen MR) is 71.3 cm³/mol. The number of nitrogens with zero attached hydrogens (tertiary/aromatic N) is 2. The van der Waals surface area contributed by atoms with Crippen LogP contribution in [0.1, 0.15) is 38.9 Å². The zero-order valence-corrected chi connectivity index (χ0v) is 11.9. The van der Waals surface area contributed by atoms with Crippen LogP contribution in [-0.2, 0) is 0 Å². The van der Waals surface area contributed by atoms with Crippen LogP contribution in [0.25, 0.3) is 0 Å². The van der Waals surface area contributed by atoms with E-state index >= 15 is 0 Å². The van der Waals surface area contributed by atoms with Gasteiger partial charge in [0.1, 0.15) is 5.82 Å². The van der Waals surface area contributed by atoms with Crippen molar-refractivity contribution in [3.8, 4) is 11.8 Å². The van der Waals surface area contributed by atoms with Crippen LogP contribution in [0.3, 0.4) is 0 Å². The highest BCUT2D eigenvalue weighted by Crippen LogP contribution is 2.22. The molecule has 0 bridgehead atoms. The van der Waals surface area contributed by atoms with Crippen LogP contribution in [-0.4, -0.2) is 36.8 Å². The first-order chi connectivity index (χ1) is 8.62. The molecule has 0 fully saturated rings. The standard InChI is InChI=1S/C13H23N3O2/c1-6-7-14-10(3)9(2)13-15-11(17-4)8-12(16-13)18-5/h8-10,14H,6-7H2,1-5H3. The van der Waals surface area contributed by atoms with E-state index in [-0.39, 0.29) is 5.92 Å². The molecule has 0 aromatic carbocycles. The number of ether oxygens (including phenoxy) is 2. The van der Waals surface area contributed by atoms with Crippen molar-refractivity contribution in [1.82, 2.24) is 15.3 Å². The number of hydrogen-bond acceptors (Lipinski definition) is 5. The van der Waals surface area contributed by atoms with Crippen molar-refractivity contribution in [3.05, 3.63) is 11.9 Å². The number of rotatable bonds is 7. The summed E-state index contributed by atoms with van der Waals surface area (Å²) < 4.78 is 10.3. The van der Waals surface area contributed by atoms with E-state index in [4.69, 9.17) is 9.47 Å². The highest BCUT2D eigenvalue weighted by Gasteiger charge is 2.18. The molecule has 1 aromatic rings. The van der Waals surface area contributed by atoms with E-state index in [1.807, 2.05) is 0 Å². The fourth-order valence-electron chi connectivity index (χ4n) is 1.61. The first-order valence-electron chi connectivity index (χ1n) is 6.32. The van der Waals surface area contributed by atoms with E-state index in [1.165, 1.54) is 0 Å². The second kappa shape index (κ2) is 7.16. The Morgan fingerprint density at radius 2 is 1.72 bits per heavy atom. The quantitative estimate of drug-likeness (QED) is 0.805. The van der Waals surface area contributed by atoms with Crippen LogP contribution < -0.4 is 14.8 Å². The van der Waals surface area contributed by atoms with Crippen LogP contribution in [0.15, 0.2) is 6.07 Å². The normalized spacial score (nSPS) is 14.1. The van der Waals surface area contributed by atoms with Crippen molar-refractivity contribution < 1.29 is 9.47 Å². The molecule has 1 heterocycles. The van der Waals surface area contributed by atoms with Gasteiger partial charge in [-0.3, -0.25) is 0 Å². The number of methoxy groups -OCH3 is 2. The lowest BCUT2D eigenvalue weighted by molar-refractivity contribution is 0.361. The SMILES string of the molecule is CCCNC(C)C(C)c1nc(OC)cc(OC)n1. The molecule has 2 unspecified atom stereocenters. The minimum absolute atomic E-state index is 0.195. The molecule has 0 spiro atoms. The lowest BCUT2D eigenvalue weighted by atomic mass is 10.0. The maximum atomic E-state index is 5.16. The fraction of sp³-hybridized carbons (Fsp3) is 0.692. The number of nitrogens with one attached hydrogen (secondary N) is 1. The third kappa shape index (κ3) is 3.84. The van der Waals surface area contributed by atoms with E-state index in [2.05, 4.69) is 36.1 Å². The Hall–Kier alpha value is -1.36. The van der Waals surface area contributed by atoms with Crippen LogP contribution in [0.4, 0.5) is 0 Å². The van der Waals surface area contributed by atoms with Gasteiger partial charge in [0.15, 0.2) is 0 Å².